The smallest absolute Gasteiger partial charge is 0.146 e. The summed E-state index contributed by atoms with van der Waals surface area (Å²) in [4.78, 5) is 0. The molecule has 0 bridgehead atoms. The average Bonchev–Trinajstić information content (AvgIpc) is 2.78. The standard InChI is InChI=1S/C16H20FNO2/c1-4-18-9-16-12(3)7-14(20-16)10-19-13-6-5-11(2)15(17)8-13/h5-8,18H,4,9-10H2,1-3H3. The number of benzene rings is 1. The largest absolute Gasteiger partial charge is 0.486 e. The van der Waals surface area contributed by atoms with Crippen molar-refractivity contribution in [3.8, 4) is 5.75 Å². The number of aryl methyl sites for hydroxylation is 2. The molecule has 0 amide bonds. The minimum absolute atomic E-state index is 0.258. The Hall–Kier alpha value is -1.81. The Labute approximate surface area is 118 Å². The summed E-state index contributed by atoms with van der Waals surface area (Å²) >= 11 is 0. The van der Waals surface area contributed by atoms with Gasteiger partial charge in [-0.1, -0.05) is 13.0 Å². The lowest BCUT2D eigenvalue weighted by Gasteiger charge is -2.05. The molecule has 4 heteroatoms. The SMILES string of the molecule is CCNCc1oc(COc2ccc(C)c(F)c2)cc1C. The van der Waals surface area contributed by atoms with Crippen molar-refractivity contribution in [2.45, 2.75) is 33.9 Å². The van der Waals surface area contributed by atoms with Crippen LogP contribution in [0.4, 0.5) is 4.39 Å². The van der Waals surface area contributed by atoms with Crippen molar-refractivity contribution in [3.63, 3.8) is 0 Å². The topological polar surface area (TPSA) is 34.4 Å². The predicted molar refractivity (Wildman–Crippen MR) is 76.3 cm³/mol. The molecular formula is C16H20FNO2. The zero-order valence-electron chi connectivity index (χ0n) is 12.1. The molecular weight excluding hydrogens is 257 g/mol. The van der Waals surface area contributed by atoms with Crippen LogP contribution in [0.25, 0.3) is 0 Å². The first-order chi connectivity index (χ1) is 9.60. The molecule has 0 fully saturated rings. The highest BCUT2D eigenvalue weighted by atomic mass is 19.1. The Morgan fingerprint density at radius 3 is 2.70 bits per heavy atom. The summed E-state index contributed by atoms with van der Waals surface area (Å²) in [7, 11) is 0. The fourth-order valence-electron chi connectivity index (χ4n) is 1.89. The Morgan fingerprint density at radius 1 is 1.20 bits per heavy atom. The van der Waals surface area contributed by atoms with Gasteiger partial charge in [0.2, 0.25) is 0 Å². The van der Waals surface area contributed by atoms with E-state index in [0.717, 1.165) is 23.6 Å². The van der Waals surface area contributed by atoms with Crippen molar-refractivity contribution in [3.05, 3.63) is 52.7 Å². The van der Waals surface area contributed by atoms with Crippen LogP contribution in [-0.2, 0) is 13.2 Å². The van der Waals surface area contributed by atoms with Gasteiger partial charge in [0, 0.05) is 6.07 Å². The zero-order valence-corrected chi connectivity index (χ0v) is 12.1. The molecule has 0 atom stereocenters. The maximum atomic E-state index is 13.4. The van der Waals surface area contributed by atoms with Crippen LogP contribution in [0.3, 0.4) is 0 Å². The van der Waals surface area contributed by atoms with E-state index in [1.807, 2.05) is 19.9 Å². The highest BCUT2D eigenvalue weighted by Gasteiger charge is 2.08. The molecule has 108 valence electrons. The lowest BCUT2D eigenvalue weighted by atomic mass is 10.2. The molecule has 0 saturated heterocycles. The van der Waals surface area contributed by atoms with Gasteiger partial charge in [0.05, 0.1) is 6.54 Å². The molecule has 1 aromatic heterocycles. The lowest BCUT2D eigenvalue weighted by molar-refractivity contribution is 0.264. The van der Waals surface area contributed by atoms with Gasteiger partial charge in [-0.05, 0) is 43.7 Å². The van der Waals surface area contributed by atoms with Crippen molar-refractivity contribution in [1.29, 1.82) is 0 Å². The van der Waals surface area contributed by atoms with Crippen molar-refractivity contribution >= 4 is 0 Å². The molecule has 0 unspecified atom stereocenters. The van der Waals surface area contributed by atoms with Crippen LogP contribution >= 0.6 is 0 Å². The molecule has 0 spiro atoms. The van der Waals surface area contributed by atoms with Crippen LogP contribution in [-0.4, -0.2) is 6.54 Å². The van der Waals surface area contributed by atoms with E-state index in [0.29, 0.717) is 24.5 Å². The number of ether oxygens (including phenoxy) is 1. The zero-order chi connectivity index (χ0) is 14.5. The fraction of sp³-hybridized carbons (Fsp3) is 0.375. The van der Waals surface area contributed by atoms with Gasteiger partial charge in [0.25, 0.3) is 0 Å². The first kappa shape index (κ1) is 14.6. The van der Waals surface area contributed by atoms with Crippen LogP contribution in [0.1, 0.15) is 29.6 Å². The normalized spacial score (nSPS) is 10.8. The summed E-state index contributed by atoms with van der Waals surface area (Å²) in [5.41, 5.74) is 1.71. The molecule has 2 aromatic rings. The van der Waals surface area contributed by atoms with Crippen molar-refractivity contribution in [2.75, 3.05) is 6.54 Å². The molecule has 3 nitrogen and oxygen atoms in total. The van der Waals surface area contributed by atoms with Crippen LogP contribution in [0.15, 0.2) is 28.7 Å². The molecule has 0 radical (unpaired) electrons. The van der Waals surface area contributed by atoms with Crippen molar-refractivity contribution < 1.29 is 13.5 Å². The van der Waals surface area contributed by atoms with Gasteiger partial charge in [0.15, 0.2) is 0 Å². The van der Waals surface area contributed by atoms with E-state index in [2.05, 4.69) is 5.32 Å². The number of furan rings is 1. The maximum Gasteiger partial charge on any atom is 0.146 e. The van der Waals surface area contributed by atoms with Crippen molar-refractivity contribution in [2.24, 2.45) is 0 Å². The summed E-state index contributed by atoms with van der Waals surface area (Å²) in [5, 5.41) is 3.22. The van der Waals surface area contributed by atoms with Crippen LogP contribution in [0.5, 0.6) is 5.75 Å². The second-order valence-corrected chi connectivity index (χ2v) is 4.80. The number of halogens is 1. The third-order valence-corrected chi connectivity index (χ3v) is 3.13. The first-order valence-electron chi connectivity index (χ1n) is 6.78. The van der Waals surface area contributed by atoms with Crippen LogP contribution in [0, 0.1) is 19.7 Å². The summed E-state index contributed by atoms with van der Waals surface area (Å²) in [5.74, 6) is 1.92. The molecule has 2 rings (SSSR count). The van der Waals surface area contributed by atoms with E-state index in [1.165, 1.54) is 6.07 Å². The minimum Gasteiger partial charge on any atom is -0.486 e. The Bertz CT molecular complexity index is 578. The number of hydrogen-bond acceptors (Lipinski definition) is 3. The maximum absolute atomic E-state index is 13.4. The lowest BCUT2D eigenvalue weighted by Crippen LogP contribution is -2.11. The summed E-state index contributed by atoms with van der Waals surface area (Å²) < 4.78 is 24.7. The molecule has 20 heavy (non-hydrogen) atoms. The molecule has 1 N–H and O–H groups in total. The van der Waals surface area contributed by atoms with E-state index < -0.39 is 0 Å². The molecule has 0 aliphatic heterocycles. The monoisotopic (exact) mass is 277 g/mol. The van der Waals surface area contributed by atoms with Gasteiger partial charge >= 0.3 is 0 Å². The quantitative estimate of drug-likeness (QED) is 0.873. The van der Waals surface area contributed by atoms with Crippen LogP contribution < -0.4 is 10.1 Å². The Kier molecular flexibility index (Phi) is 4.79. The van der Waals surface area contributed by atoms with Gasteiger partial charge in [-0.25, -0.2) is 4.39 Å². The Morgan fingerprint density at radius 2 is 2.00 bits per heavy atom. The number of nitrogens with one attached hydrogen (secondary N) is 1. The second kappa shape index (κ2) is 6.57. The molecule has 0 aliphatic rings. The summed E-state index contributed by atoms with van der Waals surface area (Å²) in [6, 6.07) is 6.81. The Balaban J connectivity index is 1.98. The summed E-state index contributed by atoms with van der Waals surface area (Å²) in [6.45, 7) is 7.69. The average molecular weight is 277 g/mol. The molecule has 1 heterocycles. The van der Waals surface area contributed by atoms with E-state index in [-0.39, 0.29) is 5.82 Å². The number of hydrogen-bond donors (Lipinski definition) is 1. The van der Waals surface area contributed by atoms with Gasteiger partial charge in [0.1, 0.15) is 29.7 Å². The van der Waals surface area contributed by atoms with E-state index in [4.69, 9.17) is 9.15 Å². The van der Waals surface area contributed by atoms with Gasteiger partial charge in [-0.15, -0.1) is 0 Å². The molecule has 0 aliphatic carbocycles. The summed E-state index contributed by atoms with van der Waals surface area (Å²) in [6.07, 6.45) is 0. The van der Waals surface area contributed by atoms with Crippen molar-refractivity contribution in [1.82, 2.24) is 5.32 Å². The molecule has 1 aromatic carbocycles. The van der Waals surface area contributed by atoms with Gasteiger partial charge < -0.3 is 14.5 Å². The second-order valence-electron chi connectivity index (χ2n) is 4.80. The van der Waals surface area contributed by atoms with E-state index >= 15 is 0 Å². The van der Waals surface area contributed by atoms with Gasteiger partial charge in [-0.2, -0.15) is 0 Å². The van der Waals surface area contributed by atoms with Gasteiger partial charge in [-0.3, -0.25) is 0 Å². The molecule has 0 saturated carbocycles. The highest BCUT2D eigenvalue weighted by Crippen LogP contribution is 2.19. The predicted octanol–water partition coefficient (Wildman–Crippen LogP) is 3.72. The highest BCUT2D eigenvalue weighted by molar-refractivity contribution is 5.28. The number of rotatable bonds is 6. The minimum atomic E-state index is -0.258. The van der Waals surface area contributed by atoms with E-state index in [1.54, 1.807) is 19.1 Å². The third-order valence-electron chi connectivity index (χ3n) is 3.13. The first-order valence-corrected chi connectivity index (χ1v) is 6.78. The van der Waals surface area contributed by atoms with E-state index in [9.17, 15) is 4.39 Å². The third kappa shape index (κ3) is 3.61. The fourth-order valence-corrected chi connectivity index (χ4v) is 1.89. The van der Waals surface area contributed by atoms with Crippen LogP contribution in [0.2, 0.25) is 0 Å².